The molecule has 0 radical (unpaired) electrons. The number of aromatic amines is 1. The molecular weight excluding hydrogens is 328 g/mol. The second-order valence-electron chi connectivity index (χ2n) is 7.23. The van der Waals surface area contributed by atoms with E-state index in [0.29, 0.717) is 29.6 Å². The van der Waals surface area contributed by atoms with Crippen LogP contribution in [0.4, 0.5) is 5.82 Å². The van der Waals surface area contributed by atoms with Gasteiger partial charge in [0.2, 0.25) is 0 Å². The highest BCUT2D eigenvalue weighted by molar-refractivity contribution is 5.91. The summed E-state index contributed by atoms with van der Waals surface area (Å²) in [6.07, 6.45) is 6.17. The fraction of sp³-hybridized carbons (Fsp3) is 0.450. The average Bonchev–Trinajstić information content (AvgIpc) is 2.61. The summed E-state index contributed by atoms with van der Waals surface area (Å²) in [5.41, 5.74) is -0.175. The number of hydrogen-bond donors (Lipinski definition) is 2. The van der Waals surface area contributed by atoms with Gasteiger partial charge in [-0.25, -0.2) is 5.10 Å². The van der Waals surface area contributed by atoms with Crippen molar-refractivity contribution in [3.05, 3.63) is 46.9 Å². The first-order valence-electron chi connectivity index (χ1n) is 9.22. The molecule has 3 rings (SSSR count). The number of ketones is 1. The molecule has 0 aliphatic carbocycles. The summed E-state index contributed by atoms with van der Waals surface area (Å²) in [5, 5.41) is 11.5. The van der Waals surface area contributed by atoms with E-state index in [4.69, 9.17) is 0 Å². The lowest BCUT2D eigenvalue weighted by Gasteiger charge is -2.34. The van der Waals surface area contributed by atoms with Crippen molar-refractivity contribution in [2.75, 3.05) is 18.4 Å². The van der Waals surface area contributed by atoms with Gasteiger partial charge >= 0.3 is 0 Å². The molecule has 1 aliphatic heterocycles. The fourth-order valence-electron chi connectivity index (χ4n) is 3.46. The number of anilines is 1. The SMILES string of the molecule is CC(C)CC1CC(=O)C=CN1CCCNc1n[nH]c(=O)c2ccccc12. The maximum atomic E-state index is 11.8. The van der Waals surface area contributed by atoms with E-state index in [2.05, 4.69) is 34.3 Å². The van der Waals surface area contributed by atoms with Crippen molar-refractivity contribution in [3.8, 4) is 0 Å². The Labute approximate surface area is 153 Å². The zero-order valence-corrected chi connectivity index (χ0v) is 15.4. The highest BCUT2D eigenvalue weighted by Crippen LogP contribution is 2.20. The zero-order chi connectivity index (χ0) is 18.5. The summed E-state index contributed by atoms with van der Waals surface area (Å²) in [5.74, 6) is 1.48. The zero-order valence-electron chi connectivity index (χ0n) is 15.4. The third-order valence-corrected chi connectivity index (χ3v) is 4.68. The van der Waals surface area contributed by atoms with Gasteiger partial charge in [0.05, 0.1) is 5.39 Å². The van der Waals surface area contributed by atoms with Gasteiger partial charge in [0, 0.05) is 37.1 Å². The predicted octanol–water partition coefficient (Wildman–Crippen LogP) is 2.93. The van der Waals surface area contributed by atoms with E-state index >= 15 is 0 Å². The van der Waals surface area contributed by atoms with E-state index in [1.54, 1.807) is 12.1 Å². The summed E-state index contributed by atoms with van der Waals surface area (Å²) < 4.78 is 0. The molecule has 1 unspecified atom stereocenters. The minimum absolute atomic E-state index is 0.175. The number of carbonyl (C=O) groups excluding carboxylic acids is 1. The Morgan fingerprint density at radius 3 is 2.81 bits per heavy atom. The molecule has 6 nitrogen and oxygen atoms in total. The highest BCUT2D eigenvalue weighted by Gasteiger charge is 2.22. The van der Waals surface area contributed by atoms with Gasteiger partial charge in [-0.15, -0.1) is 0 Å². The Morgan fingerprint density at radius 1 is 1.27 bits per heavy atom. The van der Waals surface area contributed by atoms with E-state index in [-0.39, 0.29) is 11.3 Å². The normalized spacial score (nSPS) is 17.3. The number of H-pyrrole nitrogens is 1. The number of rotatable bonds is 7. The molecule has 2 heterocycles. The molecule has 2 aromatic rings. The number of allylic oxidation sites excluding steroid dienone is 1. The molecule has 6 heteroatoms. The first-order valence-corrected chi connectivity index (χ1v) is 9.22. The van der Waals surface area contributed by atoms with E-state index in [1.165, 1.54) is 0 Å². The van der Waals surface area contributed by atoms with Crippen LogP contribution in [-0.2, 0) is 4.79 Å². The summed E-state index contributed by atoms with van der Waals surface area (Å²) in [4.78, 5) is 25.8. The van der Waals surface area contributed by atoms with E-state index in [1.807, 2.05) is 24.4 Å². The van der Waals surface area contributed by atoms with Gasteiger partial charge in [0.25, 0.3) is 5.56 Å². The molecule has 2 N–H and O–H groups in total. The lowest BCUT2D eigenvalue weighted by molar-refractivity contribution is -0.116. The minimum atomic E-state index is -0.175. The summed E-state index contributed by atoms with van der Waals surface area (Å²) in [6, 6.07) is 7.74. The standard InChI is InChI=1S/C20H26N4O2/c1-14(2)12-15-13-16(25)8-11-24(15)10-5-9-21-19-17-6-3-4-7-18(17)20(26)23-22-19/h3-4,6-8,11,14-15H,5,9-10,12-13H2,1-2H3,(H,21,22)(H,23,26). The van der Waals surface area contributed by atoms with Gasteiger partial charge in [-0.1, -0.05) is 32.0 Å². The molecule has 0 saturated carbocycles. The van der Waals surface area contributed by atoms with E-state index < -0.39 is 0 Å². The van der Waals surface area contributed by atoms with Crippen molar-refractivity contribution < 1.29 is 4.79 Å². The molecule has 26 heavy (non-hydrogen) atoms. The third-order valence-electron chi connectivity index (χ3n) is 4.68. The van der Waals surface area contributed by atoms with Crippen LogP contribution in [0.3, 0.4) is 0 Å². The summed E-state index contributed by atoms with van der Waals surface area (Å²) in [7, 11) is 0. The minimum Gasteiger partial charge on any atom is -0.374 e. The number of nitrogens with one attached hydrogen (secondary N) is 2. The lowest BCUT2D eigenvalue weighted by Crippen LogP contribution is -2.37. The molecule has 1 aromatic heterocycles. The Bertz CT molecular complexity index is 856. The predicted molar refractivity (Wildman–Crippen MR) is 104 cm³/mol. The second kappa shape index (κ2) is 8.17. The Morgan fingerprint density at radius 2 is 2.04 bits per heavy atom. The maximum absolute atomic E-state index is 11.8. The van der Waals surface area contributed by atoms with Gasteiger partial charge < -0.3 is 10.2 Å². The molecule has 1 aliphatic rings. The van der Waals surface area contributed by atoms with Gasteiger partial charge in [-0.3, -0.25) is 9.59 Å². The summed E-state index contributed by atoms with van der Waals surface area (Å²) >= 11 is 0. The molecule has 0 bridgehead atoms. The Kier molecular flexibility index (Phi) is 5.71. The number of nitrogens with zero attached hydrogens (tertiary/aromatic N) is 2. The molecule has 1 atom stereocenters. The number of fused-ring (bicyclic) bond motifs is 1. The van der Waals surface area contributed by atoms with Crippen LogP contribution in [0.5, 0.6) is 0 Å². The number of aromatic nitrogens is 2. The van der Waals surface area contributed by atoms with Gasteiger partial charge in [0.1, 0.15) is 0 Å². The highest BCUT2D eigenvalue weighted by atomic mass is 16.1. The smallest absolute Gasteiger partial charge is 0.272 e. The molecule has 0 spiro atoms. The van der Waals surface area contributed by atoms with Gasteiger partial charge in [0.15, 0.2) is 11.6 Å². The fourth-order valence-corrected chi connectivity index (χ4v) is 3.46. The van der Waals surface area contributed by atoms with Crippen molar-refractivity contribution in [2.24, 2.45) is 5.92 Å². The second-order valence-corrected chi connectivity index (χ2v) is 7.23. The van der Waals surface area contributed by atoms with E-state index in [9.17, 15) is 9.59 Å². The van der Waals surface area contributed by atoms with Crippen LogP contribution in [-0.4, -0.2) is 40.0 Å². The average molecular weight is 354 g/mol. The first kappa shape index (κ1) is 18.2. The molecule has 0 saturated heterocycles. The van der Waals surface area contributed by atoms with Crippen molar-refractivity contribution in [3.63, 3.8) is 0 Å². The van der Waals surface area contributed by atoms with Crippen LogP contribution in [0.2, 0.25) is 0 Å². The quantitative estimate of drug-likeness (QED) is 0.748. The molecule has 0 amide bonds. The summed E-state index contributed by atoms with van der Waals surface area (Å²) in [6.45, 7) is 6.01. The Balaban J connectivity index is 1.59. The Hall–Kier alpha value is -2.63. The van der Waals surface area contributed by atoms with Crippen LogP contribution in [0.25, 0.3) is 10.8 Å². The largest absolute Gasteiger partial charge is 0.374 e. The van der Waals surface area contributed by atoms with Crippen molar-refractivity contribution in [1.29, 1.82) is 0 Å². The topological polar surface area (TPSA) is 78.1 Å². The van der Waals surface area contributed by atoms with Gasteiger partial charge in [-0.2, -0.15) is 5.10 Å². The molecule has 0 fully saturated rings. The van der Waals surface area contributed by atoms with E-state index in [0.717, 1.165) is 31.3 Å². The van der Waals surface area contributed by atoms with Crippen LogP contribution >= 0.6 is 0 Å². The number of carbonyl (C=O) groups is 1. The van der Waals surface area contributed by atoms with Crippen LogP contribution < -0.4 is 10.9 Å². The van der Waals surface area contributed by atoms with Crippen molar-refractivity contribution >= 4 is 22.4 Å². The molecule has 138 valence electrons. The number of benzene rings is 1. The maximum Gasteiger partial charge on any atom is 0.272 e. The van der Waals surface area contributed by atoms with Crippen LogP contribution in [0, 0.1) is 5.92 Å². The van der Waals surface area contributed by atoms with Crippen LogP contribution in [0.15, 0.2) is 41.3 Å². The van der Waals surface area contributed by atoms with Crippen molar-refractivity contribution in [1.82, 2.24) is 15.1 Å². The molecular formula is C20H26N4O2. The number of hydrogen-bond acceptors (Lipinski definition) is 5. The van der Waals surface area contributed by atoms with Crippen molar-refractivity contribution in [2.45, 2.75) is 39.2 Å². The first-order chi connectivity index (χ1) is 12.5. The monoisotopic (exact) mass is 354 g/mol. The molecule has 1 aromatic carbocycles. The van der Waals surface area contributed by atoms with Crippen LogP contribution in [0.1, 0.15) is 33.1 Å². The lowest BCUT2D eigenvalue weighted by atomic mass is 9.95. The third kappa shape index (κ3) is 4.31. The van der Waals surface area contributed by atoms with Gasteiger partial charge in [-0.05, 0) is 30.9 Å².